The van der Waals surface area contributed by atoms with Gasteiger partial charge in [-0.2, -0.15) is 23.5 Å². The molecule has 0 aromatic rings. The molecule has 6 heteroatoms. The minimum absolute atomic E-state index is 0.00105. The number of carbonyl (C=O) groups excluding carboxylic acids is 1. The standard InChI is InChI=1S/C10H17NO3S2/c1-15-4-3-8(10(13)14)11-9(12)7-2-5-16-6-7/h7-8H,2-6H2,1H3,(H,11,12)(H,13,14). The van der Waals surface area contributed by atoms with Crippen LogP contribution in [-0.2, 0) is 9.59 Å². The van der Waals surface area contributed by atoms with E-state index in [1.807, 2.05) is 6.26 Å². The van der Waals surface area contributed by atoms with Crippen molar-refractivity contribution < 1.29 is 14.7 Å². The molecule has 4 nitrogen and oxygen atoms in total. The Kier molecular flexibility index (Phi) is 6.05. The van der Waals surface area contributed by atoms with Crippen LogP contribution >= 0.6 is 23.5 Å². The van der Waals surface area contributed by atoms with Crippen molar-refractivity contribution in [1.82, 2.24) is 5.32 Å². The Labute approximate surface area is 104 Å². The molecular formula is C10H17NO3S2. The van der Waals surface area contributed by atoms with E-state index >= 15 is 0 Å². The van der Waals surface area contributed by atoms with Crippen molar-refractivity contribution in [1.29, 1.82) is 0 Å². The number of carboxylic acids is 1. The van der Waals surface area contributed by atoms with Crippen LogP contribution in [-0.4, -0.2) is 46.5 Å². The predicted octanol–water partition coefficient (Wildman–Crippen LogP) is 1.06. The van der Waals surface area contributed by atoms with Gasteiger partial charge in [0.1, 0.15) is 6.04 Å². The molecule has 0 bridgehead atoms. The van der Waals surface area contributed by atoms with Gasteiger partial charge < -0.3 is 10.4 Å². The van der Waals surface area contributed by atoms with Crippen LogP contribution < -0.4 is 5.32 Å². The van der Waals surface area contributed by atoms with Gasteiger partial charge in [-0.1, -0.05) is 0 Å². The minimum atomic E-state index is -0.937. The van der Waals surface area contributed by atoms with Gasteiger partial charge >= 0.3 is 5.97 Å². The molecular weight excluding hydrogens is 246 g/mol. The van der Waals surface area contributed by atoms with E-state index in [1.165, 1.54) is 0 Å². The van der Waals surface area contributed by atoms with Gasteiger partial charge in [0.05, 0.1) is 0 Å². The summed E-state index contributed by atoms with van der Waals surface area (Å²) in [6, 6.07) is -0.731. The fraction of sp³-hybridized carbons (Fsp3) is 0.800. The first kappa shape index (κ1) is 13.7. The molecule has 2 atom stereocenters. The smallest absolute Gasteiger partial charge is 0.326 e. The third-order valence-electron chi connectivity index (χ3n) is 2.53. The summed E-state index contributed by atoms with van der Waals surface area (Å²) in [5, 5.41) is 11.6. The number of hydrogen-bond donors (Lipinski definition) is 2. The van der Waals surface area contributed by atoms with Crippen LogP contribution in [0.25, 0.3) is 0 Å². The number of carboxylic acid groups (broad SMARTS) is 1. The molecule has 1 amide bonds. The number of rotatable bonds is 6. The van der Waals surface area contributed by atoms with Gasteiger partial charge in [0.2, 0.25) is 5.91 Å². The SMILES string of the molecule is CSCCC(NC(=O)C1CCSC1)C(=O)O. The van der Waals surface area contributed by atoms with Crippen LogP contribution in [0.3, 0.4) is 0 Å². The fourth-order valence-corrected chi connectivity index (χ4v) is 3.22. The summed E-state index contributed by atoms with van der Waals surface area (Å²) in [6.45, 7) is 0. The molecule has 1 aliphatic rings. The average molecular weight is 263 g/mol. The van der Waals surface area contributed by atoms with Crippen molar-refractivity contribution in [3.63, 3.8) is 0 Å². The number of thioether (sulfide) groups is 2. The Bertz CT molecular complexity index is 254. The Morgan fingerprint density at radius 3 is 2.88 bits per heavy atom. The van der Waals surface area contributed by atoms with E-state index in [1.54, 1.807) is 23.5 Å². The first-order valence-electron chi connectivity index (χ1n) is 5.25. The average Bonchev–Trinajstić information content (AvgIpc) is 2.76. The molecule has 0 spiro atoms. The molecule has 92 valence electrons. The van der Waals surface area contributed by atoms with Crippen LogP contribution in [0.1, 0.15) is 12.8 Å². The Hall–Kier alpha value is -0.360. The Balaban J connectivity index is 2.40. The molecule has 1 heterocycles. The van der Waals surface area contributed by atoms with Gasteiger partial charge in [-0.25, -0.2) is 4.79 Å². The molecule has 1 fully saturated rings. The van der Waals surface area contributed by atoms with Crippen LogP contribution in [0.2, 0.25) is 0 Å². The summed E-state index contributed by atoms with van der Waals surface area (Å²) in [5.41, 5.74) is 0. The number of amides is 1. The maximum Gasteiger partial charge on any atom is 0.326 e. The van der Waals surface area contributed by atoms with E-state index in [4.69, 9.17) is 5.11 Å². The van der Waals surface area contributed by atoms with E-state index in [9.17, 15) is 9.59 Å². The highest BCUT2D eigenvalue weighted by Crippen LogP contribution is 2.23. The highest BCUT2D eigenvalue weighted by atomic mass is 32.2. The molecule has 0 aromatic carbocycles. The number of nitrogens with one attached hydrogen (secondary N) is 1. The van der Waals surface area contributed by atoms with E-state index < -0.39 is 12.0 Å². The zero-order valence-electron chi connectivity index (χ0n) is 9.27. The second kappa shape index (κ2) is 7.06. The van der Waals surface area contributed by atoms with Gasteiger partial charge in [0, 0.05) is 11.7 Å². The summed E-state index contributed by atoms with van der Waals surface area (Å²) in [6.07, 6.45) is 3.28. The van der Waals surface area contributed by atoms with Crippen LogP contribution in [0.5, 0.6) is 0 Å². The third kappa shape index (κ3) is 4.25. The number of hydrogen-bond acceptors (Lipinski definition) is 4. The second-order valence-corrected chi connectivity index (χ2v) is 5.88. The summed E-state index contributed by atoms with van der Waals surface area (Å²) >= 11 is 3.34. The zero-order chi connectivity index (χ0) is 12.0. The van der Waals surface area contributed by atoms with Crippen LogP contribution in [0.4, 0.5) is 0 Å². The molecule has 2 unspecified atom stereocenters. The van der Waals surface area contributed by atoms with Gasteiger partial charge in [-0.05, 0) is 30.6 Å². The highest BCUT2D eigenvalue weighted by molar-refractivity contribution is 7.99. The monoisotopic (exact) mass is 263 g/mol. The third-order valence-corrected chi connectivity index (χ3v) is 4.33. The minimum Gasteiger partial charge on any atom is -0.480 e. The summed E-state index contributed by atoms with van der Waals surface area (Å²) in [4.78, 5) is 22.7. The van der Waals surface area contributed by atoms with Crippen molar-refractivity contribution >= 4 is 35.4 Å². The van der Waals surface area contributed by atoms with Gasteiger partial charge in [0.25, 0.3) is 0 Å². The molecule has 1 saturated heterocycles. The maximum atomic E-state index is 11.7. The predicted molar refractivity (Wildman–Crippen MR) is 68.0 cm³/mol. The van der Waals surface area contributed by atoms with Crippen molar-refractivity contribution in [2.24, 2.45) is 5.92 Å². The van der Waals surface area contributed by atoms with Crippen LogP contribution in [0.15, 0.2) is 0 Å². The molecule has 0 saturated carbocycles. The molecule has 2 N–H and O–H groups in total. The number of carbonyl (C=O) groups is 2. The molecule has 0 aliphatic carbocycles. The van der Waals surface area contributed by atoms with Crippen LogP contribution in [0, 0.1) is 5.92 Å². The lowest BCUT2D eigenvalue weighted by Crippen LogP contribution is -2.44. The Morgan fingerprint density at radius 1 is 1.62 bits per heavy atom. The zero-order valence-corrected chi connectivity index (χ0v) is 10.9. The lowest BCUT2D eigenvalue weighted by Gasteiger charge is -2.16. The van der Waals surface area contributed by atoms with E-state index in [0.717, 1.165) is 23.7 Å². The van der Waals surface area contributed by atoms with E-state index in [0.29, 0.717) is 6.42 Å². The summed E-state index contributed by atoms with van der Waals surface area (Å²) in [7, 11) is 0. The number of aliphatic carboxylic acids is 1. The molecule has 0 radical (unpaired) electrons. The summed E-state index contributed by atoms with van der Waals surface area (Å²) in [5.74, 6) is 1.53. The van der Waals surface area contributed by atoms with E-state index in [-0.39, 0.29) is 11.8 Å². The quantitative estimate of drug-likeness (QED) is 0.750. The van der Waals surface area contributed by atoms with Gasteiger partial charge in [0.15, 0.2) is 0 Å². The second-order valence-electron chi connectivity index (χ2n) is 3.74. The maximum absolute atomic E-state index is 11.7. The van der Waals surface area contributed by atoms with Crippen molar-refractivity contribution in [3.05, 3.63) is 0 Å². The van der Waals surface area contributed by atoms with E-state index in [2.05, 4.69) is 5.32 Å². The summed E-state index contributed by atoms with van der Waals surface area (Å²) < 4.78 is 0. The molecule has 1 aliphatic heterocycles. The fourth-order valence-electron chi connectivity index (χ4n) is 1.52. The largest absolute Gasteiger partial charge is 0.480 e. The molecule has 1 rings (SSSR count). The van der Waals surface area contributed by atoms with Crippen molar-refractivity contribution in [2.45, 2.75) is 18.9 Å². The van der Waals surface area contributed by atoms with Crippen molar-refractivity contribution in [2.75, 3.05) is 23.5 Å². The topological polar surface area (TPSA) is 66.4 Å². The lowest BCUT2D eigenvalue weighted by atomic mass is 10.1. The first-order valence-corrected chi connectivity index (χ1v) is 7.80. The van der Waals surface area contributed by atoms with Crippen molar-refractivity contribution in [3.8, 4) is 0 Å². The Morgan fingerprint density at radius 2 is 2.38 bits per heavy atom. The van der Waals surface area contributed by atoms with Gasteiger partial charge in [-0.3, -0.25) is 4.79 Å². The molecule has 0 aromatic heterocycles. The highest BCUT2D eigenvalue weighted by Gasteiger charge is 2.27. The normalized spacial score (nSPS) is 21.7. The van der Waals surface area contributed by atoms with Gasteiger partial charge in [-0.15, -0.1) is 0 Å². The molecule has 16 heavy (non-hydrogen) atoms. The first-order chi connectivity index (χ1) is 7.65. The lowest BCUT2D eigenvalue weighted by molar-refractivity contribution is -0.142.